The Balaban J connectivity index is 2.11. The third-order valence-electron chi connectivity index (χ3n) is 3.05. The molecule has 0 aliphatic carbocycles. The van der Waals surface area contributed by atoms with Gasteiger partial charge in [-0.05, 0) is 52.3 Å². The summed E-state index contributed by atoms with van der Waals surface area (Å²) in [5.41, 5.74) is 8.68. The minimum absolute atomic E-state index is 0.303. The Kier molecular flexibility index (Phi) is 3.69. The summed E-state index contributed by atoms with van der Waals surface area (Å²) >= 11 is 9.41. The van der Waals surface area contributed by atoms with Crippen LogP contribution in [0.5, 0.6) is 0 Å². The molecule has 1 aromatic heterocycles. The zero-order valence-electron chi connectivity index (χ0n) is 10.7. The number of hydrogen-bond donors (Lipinski definition) is 2. The van der Waals surface area contributed by atoms with E-state index in [0.29, 0.717) is 16.4 Å². The molecule has 0 aliphatic rings. The number of pyridine rings is 1. The Morgan fingerprint density at radius 2 is 1.90 bits per heavy atom. The van der Waals surface area contributed by atoms with E-state index in [4.69, 9.17) is 17.3 Å². The number of nitrogen functional groups attached to an aromatic ring is 1. The number of nitrogens with zero attached hydrogens (tertiary/aromatic N) is 1. The zero-order chi connectivity index (χ0) is 15.0. The van der Waals surface area contributed by atoms with Crippen LogP contribution >= 0.6 is 27.5 Å². The van der Waals surface area contributed by atoms with Crippen molar-refractivity contribution >= 4 is 55.5 Å². The van der Waals surface area contributed by atoms with Gasteiger partial charge in [0.05, 0.1) is 21.9 Å². The minimum Gasteiger partial charge on any atom is -0.398 e. The van der Waals surface area contributed by atoms with E-state index >= 15 is 0 Å². The number of benzene rings is 2. The van der Waals surface area contributed by atoms with Gasteiger partial charge in [0.15, 0.2) is 0 Å². The first-order valence-corrected chi connectivity index (χ1v) is 7.27. The molecule has 0 saturated heterocycles. The molecule has 0 saturated carbocycles. The molecule has 3 nitrogen and oxygen atoms in total. The van der Waals surface area contributed by atoms with E-state index in [2.05, 4.69) is 26.2 Å². The summed E-state index contributed by atoms with van der Waals surface area (Å²) in [6.07, 6.45) is 1.69. The lowest BCUT2D eigenvalue weighted by Crippen LogP contribution is -1.96. The van der Waals surface area contributed by atoms with Crippen LogP contribution in [-0.2, 0) is 0 Å². The van der Waals surface area contributed by atoms with Crippen molar-refractivity contribution in [1.82, 2.24) is 4.98 Å². The van der Waals surface area contributed by atoms with Crippen LogP contribution in [-0.4, -0.2) is 4.98 Å². The van der Waals surface area contributed by atoms with Crippen molar-refractivity contribution in [3.8, 4) is 0 Å². The molecular weight excluding hydrogens is 357 g/mol. The molecule has 3 N–H and O–H groups in total. The maximum Gasteiger partial charge on any atom is 0.124 e. The van der Waals surface area contributed by atoms with Crippen LogP contribution in [0, 0.1) is 5.82 Å². The summed E-state index contributed by atoms with van der Waals surface area (Å²) in [5.74, 6) is -0.380. The topological polar surface area (TPSA) is 50.9 Å². The monoisotopic (exact) mass is 365 g/mol. The molecule has 0 aliphatic heterocycles. The van der Waals surface area contributed by atoms with Crippen molar-refractivity contribution in [2.45, 2.75) is 0 Å². The summed E-state index contributed by atoms with van der Waals surface area (Å²) in [7, 11) is 0. The maximum atomic E-state index is 13.1. The van der Waals surface area contributed by atoms with Gasteiger partial charge in [-0.25, -0.2) is 4.39 Å². The van der Waals surface area contributed by atoms with Crippen molar-refractivity contribution in [2.24, 2.45) is 0 Å². The summed E-state index contributed by atoms with van der Waals surface area (Å²) < 4.78 is 13.9. The van der Waals surface area contributed by atoms with Gasteiger partial charge in [0.2, 0.25) is 0 Å². The lowest BCUT2D eigenvalue weighted by atomic mass is 10.1. The van der Waals surface area contributed by atoms with Gasteiger partial charge in [-0.2, -0.15) is 0 Å². The molecule has 0 spiro atoms. The predicted octanol–water partition coefficient (Wildman–Crippen LogP) is 5.12. The predicted molar refractivity (Wildman–Crippen MR) is 88.5 cm³/mol. The van der Waals surface area contributed by atoms with Gasteiger partial charge < -0.3 is 11.1 Å². The van der Waals surface area contributed by atoms with Gasteiger partial charge in [-0.3, -0.25) is 4.98 Å². The van der Waals surface area contributed by atoms with Crippen LogP contribution in [0.1, 0.15) is 0 Å². The average Bonchev–Trinajstić information content (AvgIpc) is 2.45. The normalized spacial score (nSPS) is 10.8. The molecule has 6 heteroatoms. The second kappa shape index (κ2) is 5.50. The first-order valence-electron chi connectivity index (χ1n) is 6.10. The Morgan fingerprint density at radius 1 is 1.14 bits per heavy atom. The van der Waals surface area contributed by atoms with E-state index < -0.39 is 0 Å². The third kappa shape index (κ3) is 2.80. The number of aromatic nitrogens is 1. The third-order valence-corrected chi connectivity index (χ3v) is 3.80. The quantitative estimate of drug-likeness (QED) is 0.619. The number of hydrogen-bond acceptors (Lipinski definition) is 3. The van der Waals surface area contributed by atoms with Crippen molar-refractivity contribution in [3.05, 3.63) is 57.9 Å². The average molecular weight is 367 g/mol. The minimum atomic E-state index is -0.380. The fourth-order valence-electron chi connectivity index (χ4n) is 2.05. The molecule has 3 rings (SSSR count). The number of nitrogens with one attached hydrogen (secondary N) is 1. The number of anilines is 3. The zero-order valence-corrected chi connectivity index (χ0v) is 13.0. The van der Waals surface area contributed by atoms with Crippen LogP contribution in [0.3, 0.4) is 0 Å². The van der Waals surface area contributed by atoms with Gasteiger partial charge in [0.1, 0.15) is 5.82 Å². The molecule has 2 aromatic carbocycles. The van der Waals surface area contributed by atoms with Crippen LogP contribution in [0.4, 0.5) is 21.5 Å². The Hall–Kier alpha value is -1.85. The van der Waals surface area contributed by atoms with Crippen molar-refractivity contribution in [2.75, 3.05) is 11.1 Å². The highest BCUT2D eigenvalue weighted by atomic mass is 79.9. The number of fused-ring (bicyclic) bond motifs is 1. The van der Waals surface area contributed by atoms with Gasteiger partial charge >= 0.3 is 0 Å². The van der Waals surface area contributed by atoms with Crippen LogP contribution in [0.25, 0.3) is 10.9 Å². The lowest BCUT2D eigenvalue weighted by molar-refractivity contribution is 0.628. The van der Waals surface area contributed by atoms with Gasteiger partial charge in [0, 0.05) is 21.7 Å². The SMILES string of the molecule is Nc1ccc(Nc2ccc(F)cc2Cl)c2ncc(Br)cc12. The number of rotatable bonds is 2. The van der Waals surface area contributed by atoms with E-state index in [0.717, 1.165) is 21.1 Å². The first-order chi connectivity index (χ1) is 10.0. The lowest BCUT2D eigenvalue weighted by Gasteiger charge is -2.12. The second-order valence-electron chi connectivity index (χ2n) is 4.50. The summed E-state index contributed by atoms with van der Waals surface area (Å²) in [6.45, 7) is 0. The van der Waals surface area contributed by atoms with Gasteiger partial charge in [-0.1, -0.05) is 11.6 Å². The highest BCUT2D eigenvalue weighted by Gasteiger charge is 2.09. The summed E-state index contributed by atoms with van der Waals surface area (Å²) in [6, 6.07) is 9.69. The molecule has 21 heavy (non-hydrogen) atoms. The molecule has 3 aromatic rings. The van der Waals surface area contributed by atoms with E-state index in [9.17, 15) is 4.39 Å². The van der Waals surface area contributed by atoms with Crippen LogP contribution < -0.4 is 11.1 Å². The Bertz CT molecular complexity index is 839. The van der Waals surface area contributed by atoms with E-state index in [1.165, 1.54) is 12.1 Å². The van der Waals surface area contributed by atoms with E-state index in [-0.39, 0.29) is 5.82 Å². The van der Waals surface area contributed by atoms with E-state index in [1.807, 2.05) is 12.1 Å². The molecule has 1 heterocycles. The smallest absolute Gasteiger partial charge is 0.124 e. The first kappa shape index (κ1) is 14.1. The number of halogens is 3. The van der Waals surface area contributed by atoms with Crippen LogP contribution in [0.15, 0.2) is 47.1 Å². The molecule has 0 unspecified atom stereocenters. The number of nitrogens with two attached hydrogens (primary N) is 1. The van der Waals surface area contributed by atoms with Crippen LogP contribution in [0.2, 0.25) is 5.02 Å². The molecular formula is C15H10BrClFN3. The van der Waals surface area contributed by atoms with Gasteiger partial charge in [0.25, 0.3) is 0 Å². The summed E-state index contributed by atoms with van der Waals surface area (Å²) in [4.78, 5) is 4.38. The maximum absolute atomic E-state index is 13.1. The molecule has 0 radical (unpaired) electrons. The molecule has 0 amide bonds. The standard InChI is InChI=1S/C15H10BrClFN3/c16-8-5-10-12(19)2-4-14(15(10)20-7-8)21-13-3-1-9(18)6-11(13)17/h1-7,21H,19H2. The van der Waals surface area contributed by atoms with E-state index in [1.54, 1.807) is 18.3 Å². The Morgan fingerprint density at radius 3 is 2.67 bits per heavy atom. The van der Waals surface area contributed by atoms with Gasteiger partial charge in [-0.15, -0.1) is 0 Å². The molecule has 0 fully saturated rings. The largest absolute Gasteiger partial charge is 0.398 e. The highest BCUT2D eigenvalue weighted by molar-refractivity contribution is 9.10. The highest BCUT2D eigenvalue weighted by Crippen LogP contribution is 2.32. The molecule has 0 bridgehead atoms. The second-order valence-corrected chi connectivity index (χ2v) is 5.82. The molecule has 0 atom stereocenters. The fourth-order valence-corrected chi connectivity index (χ4v) is 2.60. The van der Waals surface area contributed by atoms with Crippen molar-refractivity contribution in [3.63, 3.8) is 0 Å². The fraction of sp³-hybridized carbons (Fsp3) is 0. The molecule has 106 valence electrons. The van der Waals surface area contributed by atoms with Crippen molar-refractivity contribution in [1.29, 1.82) is 0 Å². The van der Waals surface area contributed by atoms with Crippen molar-refractivity contribution < 1.29 is 4.39 Å². The Labute approximate surface area is 134 Å². The summed E-state index contributed by atoms with van der Waals surface area (Å²) in [5, 5.41) is 4.29.